The van der Waals surface area contributed by atoms with E-state index in [1.807, 2.05) is 29.9 Å². The van der Waals surface area contributed by atoms with Crippen LogP contribution in [-0.4, -0.2) is 64.3 Å². The molecule has 1 saturated heterocycles. The van der Waals surface area contributed by atoms with Crippen molar-refractivity contribution in [2.75, 3.05) is 44.7 Å². The number of hydrogen-bond acceptors (Lipinski definition) is 6. The van der Waals surface area contributed by atoms with Crippen LogP contribution in [0.5, 0.6) is 5.75 Å². The van der Waals surface area contributed by atoms with E-state index in [4.69, 9.17) is 4.74 Å². The number of piperazine rings is 1. The molecule has 9 nitrogen and oxygen atoms in total. The summed E-state index contributed by atoms with van der Waals surface area (Å²) in [5.41, 5.74) is 0.978. The van der Waals surface area contributed by atoms with E-state index in [-0.39, 0.29) is 16.4 Å². The van der Waals surface area contributed by atoms with E-state index in [9.17, 15) is 9.59 Å². The number of nitrogens with zero attached hydrogens (tertiary/aromatic N) is 5. The molecule has 0 spiro atoms. The van der Waals surface area contributed by atoms with Crippen molar-refractivity contribution in [3.8, 4) is 5.75 Å². The quantitative estimate of drug-likeness (QED) is 0.479. The zero-order valence-electron chi connectivity index (χ0n) is 19.0. The molecule has 0 radical (unpaired) electrons. The molecule has 172 valence electrons. The molecule has 0 amide bonds. The SMILES string of the molecule is COc1ccccc1N1CCN(CCCn2c3c(=O)c4ncccc4c(=O)c=3[nH]n2C)CC1. The smallest absolute Gasteiger partial charge is 0.232 e. The molecule has 5 rings (SSSR count). The first kappa shape index (κ1) is 21.3. The third-order valence-corrected chi connectivity index (χ3v) is 6.48. The van der Waals surface area contributed by atoms with Gasteiger partial charge in [-0.1, -0.05) is 12.1 Å². The standard InChI is InChI=1S/C24H28N6O3/c1-27-26-21-22(24(32)20-17(23(21)31)7-5-10-25-20)30(27)12-6-11-28-13-15-29(16-14-28)18-8-3-4-9-19(18)33-2/h3-5,7-10,26H,6,11-16H2,1-2H3. The molecule has 2 aliphatic heterocycles. The minimum absolute atomic E-state index is 0.186. The van der Waals surface area contributed by atoms with Crippen molar-refractivity contribution in [1.82, 2.24) is 24.5 Å². The molecular formula is C24H28N6O3. The number of methoxy groups -OCH3 is 1. The predicted octanol–water partition coefficient (Wildman–Crippen LogP) is 1.37. The molecule has 1 fully saturated rings. The fourth-order valence-electron chi connectivity index (χ4n) is 4.77. The van der Waals surface area contributed by atoms with E-state index in [1.165, 1.54) is 0 Å². The molecule has 2 aromatic rings. The third kappa shape index (κ3) is 3.78. The van der Waals surface area contributed by atoms with Gasteiger partial charge in [0.2, 0.25) is 10.9 Å². The minimum Gasteiger partial charge on any atom is -0.495 e. The zero-order chi connectivity index (χ0) is 22.9. The normalized spacial score (nSPS) is 14.9. The number of pyridine rings is 1. The minimum atomic E-state index is -0.206. The molecule has 0 unspecified atom stereocenters. The van der Waals surface area contributed by atoms with Gasteiger partial charge >= 0.3 is 0 Å². The number of aryl methyl sites for hydroxylation is 1. The van der Waals surface area contributed by atoms with Crippen molar-refractivity contribution in [2.45, 2.75) is 13.0 Å². The van der Waals surface area contributed by atoms with Crippen molar-refractivity contribution in [2.24, 2.45) is 7.05 Å². The van der Waals surface area contributed by atoms with Crippen LogP contribution in [0.2, 0.25) is 0 Å². The summed E-state index contributed by atoms with van der Waals surface area (Å²) < 4.78 is 7.37. The van der Waals surface area contributed by atoms with Crippen LogP contribution in [0.3, 0.4) is 0 Å². The number of hydrogen-bond donors (Lipinski definition) is 1. The highest BCUT2D eigenvalue weighted by Crippen LogP contribution is 2.28. The maximum atomic E-state index is 13.1. The third-order valence-electron chi connectivity index (χ3n) is 6.48. The van der Waals surface area contributed by atoms with Crippen LogP contribution in [0.4, 0.5) is 5.69 Å². The average Bonchev–Trinajstić information content (AvgIpc) is 3.19. The van der Waals surface area contributed by atoms with Crippen LogP contribution < -0.4 is 20.5 Å². The van der Waals surface area contributed by atoms with Crippen molar-refractivity contribution in [3.63, 3.8) is 0 Å². The summed E-state index contributed by atoms with van der Waals surface area (Å²) in [4.78, 5) is 36.6. The van der Waals surface area contributed by atoms with Gasteiger partial charge in [0.05, 0.1) is 18.2 Å². The molecule has 3 heterocycles. The van der Waals surface area contributed by atoms with Crippen LogP contribution in [0.25, 0.3) is 10.9 Å². The lowest BCUT2D eigenvalue weighted by molar-refractivity contribution is 0.245. The fourth-order valence-corrected chi connectivity index (χ4v) is 4.77. The summed E-state index contributed by atoms with van der Waals surface area (Å²) in [7, 11) is 3.53. The zero-order valence-corrected chi connectivity index (χ0v) is 19.0. The molecule has 9 heteroatoms. The topological polar surface area (TPSA) is 88.4 Å². The lowest BCUT2D eigenvalue weighted by atomic mass is 10.2. The number of rotatable bonds is 6. The van der Waals surface area contributed by atoms with Gasteiger partial charge in [-0.25, -0.2) is 4.80 Å². The number of nitrogens with one attached hydrogen (secondary N) is 1. The fraction of sp³-hybridized carbons (Fsp3) is 0.375. The van der Waals surface area contributed by atoms with Crippen molar-refractivity contribution < 1.29 is 4.74 Å². The monoisotopic (exact) mass is 448 g/mol. The number of aromatic nitrogens is 4. The van der Waals surface area contributed by atoms with Crippen LogP contribution in [-0.2, 0) is 13.6 Å². The van der Waals surface area contributed by atoms with Crippen LogP contribution in [0.1, 0.15) is 6.42 Å². The highest BCUT2D eigenvalue weighted by molar-refractivity contribution is 5.77. The molecular weight excluding hydrogens is 420 g/mol. The summed E-state index contributed by atoms with van der Waals surface area (Å²) in [6.45, 7) is 5.37. The van der Waals surface area contributed by atoms with E-state index in [2.05, 4.69) is 25.9 Å². The molecule has 0 bridgehead atoms. The second kappa shape index (κ2) is 8.74. The second-order valence-corrected chi connectivity index (χ2v) is 8.39. The molecule has 0 atom stereocenters. The first-order chi connectivity index (χ1) is 16.1. The molecule has 1 N–H and O–H groups in total. The second-order valence-electron chi connectivity index (χ2n) is 8.39. The molecule has 33 heavy (non-hydrogen) atoms. The summed E-state index contributed by atoms with van der Waals surface area (Å²) in [5, 5.41) is 4.16. The Bertz CT molecular complexity index is 1460. The Morgan fingerprint density at radius 1 is 1.00 bits per heavy atom. The van der Waals surface area contributed by atoms with Crippen molar-refractivity contribution in [3.05, 3.63) is 73.7 Å². The van der Waals surface area contributed by atoms with Gasteiger partial charge in [0.15, 0.2) is 0 Å². The Balaban J connectivity index is 1.28. The maximum absolute atomic E-state index is 13.1. The lowest BCUT2D eigenvalue weighted by Crippen LogP contribution is -2.46. The Morgan fingerprint density at radius 2 is 1.79 bits per heavy atom. The van der Waals surface area contributed by atoms with Crippen molar-refractivity contribution in [1.29, 1.82) is 0 Å². The number of para-hydroxylation sites is 2. The van der Waals surface area contributed by atoms with Crippen molar-refractivity contribution >= 4 is 16.6 Å². The van der Waals surface area contributed by atoms with Gasteiger partial charge < -0.3 is 9.64 Å². The summed E-state index contributed by atoms with van der Waals surface area (Å²) in [6, 6.07) is 11.5. The Morgan fingerprint density at radius 3 is 2.58 bits per heavy atom. The maximum Gasteiger partial charge on any atom is 0.232 e. The largest absolute Gasteiger partial charge is 0.495 e. The molecule has 1 aromatic heterocycles. The van der Waals surface area contributed by atoms with E-state index < -0.39 is 0 Å². The summed E-state index contributed by atoms with van der Waals surface area (Å²) in [5.74, 6) is 0.905. The first-order valence-electron chi connectivity index (χ1n) is 11.3. The van der Waals surface area contributed by atoms with Gasteiger partial charge in [0, 0.05) is 52.5 Å². The number of ether oxygens (including phenoxy) is 1. The predicted molar refractivity (Wildman–Crippen MR) is 127 cm³/mol. The van der Waals surface area contributed by atoms with E-state index in [0.29, 0.717) is 22.6 Å². The number of aromatic amines is 1. The van der Waals surface area contributed by atoms with E-state index in [0.717, 1.165) is 50.6 Å². The Kier molecular flexibility index (Phi) is 5.63. The number of H-pyrrole nitrogens is 1. The van der Waals surface area contributed by atoms with Crippen LogP contribution >= 0.6 is 0 Å². The lowest BCUT2D eigenvalue weighted by Gasteiger charge is -2.36. The van der Waals surface area contributed by atoms with Crippen LogP contribution in [0, 0.1) is 10.7 Å². The average molecular weight is 449 g/mol. The molecule has 1 aliphatic carbocycles. The van der Waals surface area contributed by atoms with E-state index in [1.54, 1.807) is 30.2 Å². The number of benzene rings is 1. The van der Waals surface area contributed by atoms with Gasteiger partial charge in [0.25, 0.3) is 0 Å². The van der Waals surface area contributed by atoms with E-state index >= 15 is 0 Å². The van der Waals surface area contributed by atoms with Gasteiger partial charge in [0.1, 0.15) is 22.0 Å². The van der Waals surface area contributed by atoms with Gasteiger partial charge in [-0.05, 0) is 30.7 Å². The summed E-state index contributed by atoms with van der Waals surface area (Å²) >= 11 is 0. The Labute approximate surface area is 190 Å². The van der Waals surface area contributed by atoms with Gasteiger partial charge in [-0.3, -0.25) is 29.3 Å². The number of fused-ring (bicyclic) bond motifs is 1. The highest BCUT2D eigenvalue weighted by Gasteiger charge is 2.20. The Hall–Kier alpha value is -3.59. The molecule has 0 saturated carbocycles. The van der Waals surface area contributed by atoms with Crippen LogP contribution in [0.15, 0.2) is 52.2 Å². The molecule has 1 aromatic carbocycles. The van der Waals surface area contributed by atoms with Gasteiger partial charge in [-0.2, -0.15) is 0 Å². The number of anilines is 1. The molecule has 3 aliphatic rings. The highest BCUT2D eigenvalue weighted by atomic mass is 16.5. The first-order valence-corrected chi connectivity index (χ1v) is 11.3. The van der Waals surface area contributed by atoms with Gasteiger partial charge in [-0.15, -0.1) is 0 Å². The summed E-state index contributed by atoms with van der Waals surface area (Å²) in [6.07, 6.45) is 2.42.